The molecule has 0 saturated carbocycles. The monoisotopic (exact) mass is 355 g/mol. The predicted octanol–water partition coefficient (Wildman–Crippen LogP) is 4.49. The Morgan fingerprint density at radius 3 is 2.48 bits per heavy atom. The lowest BCUT2D eigenvalue weighted by molar-refractivity contribution is 0.0435. The third-order valence-electron chi connectivity index (χ3n) is 3.53. The van der Waals surface area contributed by atoms with Gasteiger partial charge in [0.15, 0.2) is 11.3 Å². The summed E-state index contributed by atoms with van der Waals surface area (Å²) in [6, 6.07) is 8.86. The van der Waals surface area contributed by atoms with Gasteiger partial charge in [0.05, 0.1) is 5.56 Å². The molecule has 0 saturated heterocycles. The smallest absolute Gasteiger partial charge is 0.339 e. The first-order valence-electron chi connectivity index (χ1n) is 8.30. The summed E-state index contributed by atoms with van der Waals surface area (Å²) in [5, 5.41) is 9.47. The van der Waals surface area contributed by atoms with E-state index in [-0.39, 0.29) is 0 Å². The lowest BCUT2D eigenvalue weighted by Gasteiger charge is -2.07. The molecule has 2 rings (SSSR count). The normalized spacial score (nSPS) is 11.6. The molecule has 0 aliphatic heterocycles. The fourth-order valence-electron chi connectivity index (χ4n) is 2.11. The Balaban J connectivity index is 1.97. The van der Waals surface area contributed by atoms with Crippen LogP contribution in [-0.4, -0.2) is 27.8 Å². The molecule has 1 aromatic heterocycles. The number of rotatable bonds is 8. The number of aromatic nitrogens is 2. The zero-order valence-corrected chi connectivity index (χ0v) is 15.3. The number of unbranched alkanes of at least 4 members (excludes halogenated alkanes) is 2. The zero-order valence-electron chi connectivity index (χ0n) is 14.4. The maximum atomic E-state index is 11.9. The number of hydrogen-bond acceptors (Lipinski definition) is 6. The summed E-state index contributed by atoms with van der Waals surface area (Å²) in [4.78, 5) is 20.6. The van der Waals surface area contributed by atoms with Crippen molar-refractivity contribution in [2.75, 3.05) is 5.75 Å². The van der Waals surface area contributed by atoms with Crippen LogP contribution in [-0.2, 0) is 4.74 Å². The van der Waals surface area contributed by atoms with Crippen molar-refractivity contribution in [2.45, 2.75) is 44.4 Å². The Hall–Kier alpha value is -2.39. The maximum Gasteiger partial charge on any atom is 0.339 e. The van der Waals surface area contributed by atoms with Crippen molar-refractivity contribution in [2.24, 2.45) is 0 Å². The number of ether oxygens (including phenoxy) is 1. The molecule has 0 N–H and O–H groups in total. The first kappa shape index (κ1) is 18.9. The average Bonchev–Trinajstić information content (AvgIpc) is 2.65. The average molecular weight is 355 g/mol. The van der Waals surface area contributed by atoms with E-state index in [0.717, 1.165) is 22.0 Å². The molecule has 0 aliphatic carbocycles. The van der Waals surface area contributed by atoms with Gasteiger partial charge in [-0.05, 0) is 31.0 Å². The molecule has 5 nitrogen and oxygen atoms in total. The predicted molar refractivity (Wildman–Crippen MR) is 98.2 cm³/mol. The van der Waals surface area contributed by atoms with Gasteiger partial charge < -0.3 is 4.74 Å². The summed E-state index contributed by atoms with van der Waals surface area (Å²) < 4.78 is 4.97. The molecule has 1 aromatic carbocycles. The van der Waals surface area contributed by atoms with Crippen molar-refractivity contribution in [3.8, 4) is 17.2 Å². The van der Waals surface area contributed by atoms with E-state index in [2.05, 4.69) is 16.9 Å². The van der Waals surface area contributed by atoms with Crippen molar-refractivity contribution in [1.82, 2.24) is 9.97 Å². The number of esters is 1. The fraction of sp³-hybridized carbons (Fsp3) is 0.368. The van der Waals surface area contributed by atoms with Gasteiger partial charge in [0.25, 0.3) is 0 Å². The van der Waals surface area contributed by atoms with Gasteiger partial charge in [-0.1, -0.05) is 43.7 Å². The lowest BCUT2D eigenvalue weighted by atomic mass is 10.1. The van der Waals surface area contributed by atoms with Crippen molar-refractivity contribution < 1.29 is 9.53 Å². The Kier molecular flexibility index (Phi) is 7.42. The van der Waals surface area contributed by atoms with Crippen molar-refractivity contribution in [3.63, 3.8) is 0 Å². The molecule has 0 bridgehead atoms. The molecule has 0 amide bonds. The second-order valence-electron chi connectivity index (χ2n) is 5.56. The van der Waals surface area contributed by atoms with E-state index < -0.39 is 12.1 Å². The molecular formula is C19H21N3O2S. The molecule has 0 unspecified atom stereocenters. The Morgan fingerprint density at radius 2 is 1.88 bits per heavy atom. The van der Waals surface area contributed by atoms with E-state index in [9.17, 15) is 4.79 Å². The van der Waals surface area contributed by atoms with Gasteiger partial charge in [-0.2, -0.15) is 5.26 Å². The van der Waals surface area contributed by atoms with Crippen molar-refractivity contribution >= 4 is 17.7 Å². The summed E-state index contributed by atoms with van der Waals surface area (Å²) in [7, 11) is 0. The third-order valence-corrected chi connectivity index (χ3v) is 4.49. The van der Waals surface area contributed by atoms with Gasteiger partial charge in [0.2, 0.25) is 0 Å². The van der Waals surface area contributed by atoms with Gasteiger partial charge in [-0.3, -0.25) is 0 Å². The number of carbonyl (C=O) groups excluding carboxylic acids is 1. The number of hydrogen-bond donors (Lipinski definition) is 0. The SMILES string of the molecule is CCCCCSc1ncc(-c2ccc(C(=O)O[C@H](C)C#N)cc2)cn1. The molecule has 130 valence electrons. The molecule has 0 fully saturated rings. The minimum Gasteiger partial charge on any atom is -0.444 e. The highest BCUT2D eigenvalue weighted by atomic mass is 32.2. The molecule has 2 aromatic rings. The van der Waals surface area contributed by atoms with E-state index in [0.29, 0.717) is 5.56 Å². The van der Waals surface area contributed by atoms with Gasteiger partial charge in [0, 0.05) is 23.7 Å². The standard InChI is InChI=1S/C19H21N3O2S/c1-3-4-5-10-25-19-21-12-17(13-22-19)15-6-8-16(9-7-15)18(23)24-14(2)11-20/h6-9,12-14H,3-5,10H2,1-2H3/t14-/m1/s1. The highest BCUT2D eigenvalue weighted by molar-refractivity contribution is 7.99. The second-order valence-corrected chi connectivity index (χ2v) is 6.63. The van der Waals surface area contributed by atoms with E-state index in [1.54, 1.807) is 36.3 Å². The molecule has 1 heterocycles. The summed E-state index contributed by atoms with van der Waals surface area (Å²) >= 11 is 1.67. The second kappa shape index (κ2) is 9.80. The van der Waals surface area contributed by atoms with Gasteiger partial charge >= 0.3 is 5.97 Å². The third kappa shape index (κ3) is 5.87. The topological polar surface area (TPSA) is 75.9 Å². The molecular weight excluding hydrogens is 334 g/mol. The summed E-state index contributed by atoms with van der Waals surface area (Å²) in [6.45, 7) is 3.72. The Labute approximate surface area is 152 Å². The van der Waals surface area contributed by atoms with Crippen LogP contribution in [0, 0.1) is 11.3 Å². The van der Waals surface area contributed by atoms with Crippen LogP contribution in [0.25, 0.3) is 11.1 Å². The number of benzene rings is 1. The number of nitrogens with zero attached hydrogens (tertiary/aromatic N) is 3. The number of nitriles is 1. The Bertz CT molecular complexity index is 724. The summed E-state index contributed by atoms with van der Waals surface area (Å²) in [5.41, 5.74) is 2.23. The first-order valence-corrected chi connectivity index (χ1v) is 9.28. The zero-order chi connectivity index (χ0) is 18.1. The van der Waals surface area contributed by atoms with Gasteiger partial charge in [-0.15, -0.1) is 0 Å². The van der Waals surface area contributed by atoms with Crippen LogP contribution in [0.4, 0.5) is 0 Å². The lowest BCUT2D eigenvalue weighted by Crippen LogP contribution is -2.12. The van der Waals surface area contributed by atoms with E-state index in [1.165, 1.54) is 26.2 Å². The molecule has 0 radical (unpaired) electrons. The van der Waals surface area contributed by atoms with Crippen molar-refractivity contribution in [3.05, 3.63) is 42.2 Å². The molecule has 1 atom stereocenters. The van der Waals surface area contributed by atoms with Gasteiger partial charge in [-0.25, -0.2) is 14.8 Å². The highest BCUT2D eigenvalue weighted by Crippen LogP contribution is 2.21. The summed E-state index contributed by atoms with van der Waals surface area (Å²) in [6.07, 6.45) is 6.43. The van der Waals surface area contributed by atoms with Crippen LogP contribution >= 0.6 is 11.8 Å². The van der Waals surface area contributed by atoms with Crippen molar-refractivity contribution in [1.29, 1.82) is 5.26 Å². The molecule has 6 heteroatoms. The Morgan fingerprint density at radius 1 is 1.20 bits per heavy atom. The molecule has 0 spiro atoms. The van der Waals surface area contributed by atoms with Crippen LogP contribution in [0.15, 0.2) is 41.8 Å². The van der Waals surface area contributed by atoms with Crippen LogP contribution in [0.3, 0.4) is 0 Å². The molecule has 0 aliphatic rings. The number of thioether (sulfide) groups is 1. The van der Waals surface area contributed by atoms with Gasteiger partial charge in [0.1, 0.15) is 6.07 Å². The van der Waals surface area contributed by atoms with Crippen LogP contribution in [0.1, 0.15) is 43.5 Å². The largest absolute Gasteiger partial charge is 0.444 e. The fourth-order valence-corrected chi connectivity index (χ4v) is 2.89. The van der Waals surface area contributed by atoms with E-state index >= 15 is 0 Å². The van der Waals surface area contributed by atoms with Crippen LogP contribution in [0.5, 0.6) is 0 Å². The highest BCUT2D eigenvalue weighted by Gasteiger charge is 2.11. The first-order chi connectivity index (χ1) is 12.1. The van der Waals surface area contributed by atoms with E-state index in [1.807, 2.05) is 18.2 Å². The summed E-state index contributed by atoms with van der Waals surface area (Å²) in [5.74, 6) is 0.529. The molecule has 25 heavy (non-hydrogen) atoms. The maximum absolute atomic E-state index is 11.9. The van der Waals surface area contributed by atoms with Crippen LogP contribution < -0.4 is 0 Å². The van der Waals surface area contributed by atoms with Crippen LogP contribution in [0.2, 0.25) is 0 Å². The minimum atomic E-state index is -0.761. The minimum absolute atomic E-state index is 0.412. The van der Waals surface area contributed by atoms with E-state index in [4.69, 9.17) is 10.00 Å². The number of carbonyl (C=O) groups is 1. The quantitative estimate of drug-likeness (QED) is 0.300.